The lowest BCUT2D eigenvalue weighted by Crippen LogP contribution is -2.53. The minimum atomic E-state index is -0.690. The Morgan fingerprint density at radius 1 is 1.23 bits per heavy atom. The first-order valence-corrected chi connectivity index (χ1v) is 9.31. The molecule has 152 valence electrons. The van der Waals surface area contributed by atoms with Crippen LogP contribution in [0.3, 0.4) is 0 Å². The largest absolute Gasteiger partial charge is 0.449 e. The number of nitrogens with zero attached hydrogens (tertiary/aromatic N) is 2. The Bertz CT molecular complexity index is 1120. The van der Waals surface area contributed by atoms with E-state index in [-0.39, 0.29) is 40.0 Å². The Balaban J connectivity index is 1.98. The molecule has 2 aromatic carbocycles. The minimum Gasteiger partial charge on any atom is -0.449 e. The smallest absolute Gasteiger partial charge is 0.312 e. The van der Waals surface area contributed by atoms with Gasteiger partial charge < -0.3 is 4.74 Å². The summed E-state index contributed by atoms with van der Waals surface area (Å²) in [5.41, 5.74) is -0.302. The number of carbonyl (C=O) groups is 2. The molecule has 0 aliphatic carbocycles. The van der Waals surface area contributed by atoms with Crippen molar-refractivity contribution in [1.82, 2.24) is 10.2 Å². The van der Waals surface area contributed by atoms with Gasteiger partial charge in [0, 0.05) is 12.6 Å². The van der Waals surface area contributed by atoms with Crippen molar-refractivity contribution in [2.24, 2.45) is 0 Å². The third-order valence-electron chi connectivity index (χ3n) is 4.04. The van der Waals surface area contributed by atoms with E-state index in [2.05, 4.69) is 11.9 Å². The van der Waals surface area contributed by atoms with E-state index in [0.717, 1.165) is 0 Å². The van der Waals surface area contributed by atoms with Crippen molar-refractivity contribution in [3.63, 3.8) is 0 Å². The summed E-state index contributed by atoms with van der Waals surface area (Å²) in [5.74, 6) is -1.10. The summed E-state index contributed by atoms with van der Waals surface area (Å²) >= 11 is 11.0. The molecule has 8 nitrogen and oxygen atoms in total. The van der Waals surface area contributed by atoms with Gasteiger partial charge in [-0.05, 0) is 42.1 Å². The molecular formula is C20H14ClN3O5S. The van der Waals surface area contributed by atoms with E-state index in [1.165, 1.54) is 35.3 Å². The number of benzene rings is 2. The standard InChI is InChI=1S/C20H14ClN3O5S/c1-2-9-23-19(26)13(18(25)22-20(23)30)10-12-7-8-17(15(11-12)24(27)28)29-16-6-4-3-5-14(16)21/h2-8,10-11H,1,9H2,(H,22,25,30). The number of halogens is 1. The number of nitro groups is 1. The Labute approximate surface area is 181 Å². The summed E-state index contributed by atoms with van der Waals surface area (Å²) in [6.07, 6.45) is 2.72. The van der Waals surface area contributed by atoms with Gasteiger partial charge in [-0.2, -0.15) is 0 Å². The lowest BCUT2D eigenvalue weighted by molar-refractivity contribution is -0.385. The minimum absolute atomic E-state index is 0.0310. The summed E-state index contributed by atoms with van der Waals surface area (Å²) in [5, 5.41) is 14.2. The van der Waals surface area contributed by atoms with E-state index in [4.69, 9.17) is 28.6 Å². The maximum atomic E-state index is 12.6. The second kappa shape index (κ2) is 8.85. The van der Waals surface area contributed by atoms with Gasteiger partial charge in [-0.1, -0.05) is 35.9 Å². The third-order valence-corrected chi connectivity index (χ3v) is 4.68. The summed E-state index contributed by atoms with van der Waals surface area (Å²) in [4.78, 5) is 36.9. The molecule has 0 aromatic heterocycles. The predicted octanol–water partition coefficient (Wildman–Crippen LogP) is 3.85. The van der Waals surface area contributed by atoms with Gasteiger partial charge >= 0.3 is 5.69 Å². The molecule has 0 spiro atoms. The average molecular weight is 444 g/mol. The number of ether oxygens (including phenoxy) is 1. The molecular weight excluding hydrogens is 430 g/mol. The topological polar surface area (TPSA) is 102 Å². The molecule has 1 fully saturated rings. The molecule has 1 aliphatic heterocycles. The van der Waals surface area contributed by atoms with Crippen LogP contribution < -0.4 is 10.1 Å². The summed E-state index contributed by atoms with van der Waals surface area (Å²) in [6, 6.07) is 10.6. The first-order valence-electron chi connectivity index (χ1n) is 8.52. The molecule has 0 radical (unpaired) electrons. The van der Waals surface area contributed by atoms with Crippen LogP contribution in [-0.4, -0.2) is 33.3 Å². The molecule has 0 saturated carbocycles. The summed E-state index contributed by atoms with van der Waals surface area (Å²) < 4.78 is 5.57. The van der Waals surface area contributed by atoms with Crippen LogP contribution in [0.5, 0.6) is 11.5 Å². The van der Waals surface area contributed by atoms with Crippen molar-refractivity contribution in [2.45, 2.75) is 0 Å². The van der Waals surface area contributed by atoms with Crippen molar-refractivity contribution < 1.29 is 19.2 Å². The van der Waals surface area contributed by atoms with Crippen LogP contribution in [-0.2, 0) is 9.59 Å². The highest BCUT2D eigenvalue weighted by atomic mass is 35.5. The van der Waals surface area contributed by atoms with Crippen molar-refractivity contribution in [3.05, 3.63) is 81.4 Å². The number of hydrogen-bond donors (Lipinski definition) is 1. The zero-order chi connectivity index (χ0) is 21.8. The molecule has 10 heteroatoms. The highest BCUT2D eigenvalue weighted by Crippen LogP contribution is 2.35. The Hall–Kier alpha value is -3.56. The van der Waals surface area contributed by atoms with Gasteiger partial charge in [-0.3, -0.25) is 29.9 Å². The number of amides is 2. The predicted molar refractivity (Wildman–Crippen MR) is 115 cm³/mol. The molecule has 1 saturated heterocycles. The van der Waals surface area contributed by atoms with Crippen LogP contribution in [0.1, 0.15) is 5.56 Å². The van der Waals surface area contributed by atoms with Crippen LogP contribution in [0.4, 0.5) is 5.69 Å². The van der Waals surface area contributed by atoms with E-state index in [1.54, 1.807) is 24.3 Å². The van der Waals surface area contributed by atoms with E-state index in [0.29, 0.717) is 5.02 Å². The molecule has 2 amide bonds. The lowest BCUT2D eigenvalue weighted by Gasteiger charge is -2.27. The zero-order valence-corrected chi connectivity index (χ0v) is 16.9. The Morgan fingerprint density at radius 3 is 2.63 bits per heavy atom. The Morgan fingerprint density at radius 2 is 1.97 bits per heavy atom. The van der Waals surface area contributed by atoms with Gasteiger partial charge in [0.25, 0.3) is 11.8 Å². The van der Waals surface area contributed by atoms with Crippen LogP contribution >= 0.6 is 23.8 Å². The number of nitro benzene ring substituents is 1. The molecule has 1 heterocycles. The molecule has 1 aliphatic rings. The maximum absolute atomic E-state index is 12.6. The number of nitrogens with one attached hydrogen (secondary N) is 1. The number of para-hydroxylation sites is 1. The van der Waals surface area contributed by atoms with Crippen molar-refractivity contribution in [3.8, 4) is 11.5 Å². The second-order valence-corrected chi connectivity index (χ2v) is 6.83. The van der Waals surface area contributed by atoms with Gasteiger partial charge in [0.05, 0.1) is 9.95 Å². The van der Waals surface area contributed by atoms with Crippen LogP contribution in [0, 0.1) is 10.1 Å². The molecule has 0 bridgehead atoms. The molecule has 0 atom stereocenters. The summed E-state index contributed by atoms with van der Waals surface area (Å²) in [6.45, 7) is 3.66. The van der Waals surface area contributed by atoms with Crippen molar-refractivity contribution in [1.29, 1.82) is 0 Å². The van der Waals surface area contributed by atoms with Crippen molar-refractivity contribution in [2.75, 3.05) is 6.54 Å². The highest BCUT2D eigenvalue weighted by molar-refractivity contribution is 7.80. The third kappa shape index (κ3) is 4.37. The second-order valence-electron chi connectivity index (χ2n) is 6.04. The number of hydrogen-bond acceptors (Lipinski definition) is 6. The maximum Gasteiger partial charge on any atom is 0.312 e. The fourth-order valence-corrected chi connectivity index (χ4v) is 3.08. The van der Waals surface area contributed by atoms with Crippen LogP contribution in [0.25, 0.3) is 6.08 Å². The van der Waals surface area contributed by atoms with E-state index in [1.807, 2.05) is 0 Å². The van der Waals surface area contributed by atoms with E-state index >= 15 is 0 Å². The molecule has 2 aromatic rings. The summed E-state index contributed by atoms with van der Waals surface area (Å²) in [7, 11) is 0. The van der Waals surface area contributed by atoms with Gasteiger partial charge in [-0.15, -0.1) is 6.58 Å². The van der Waals surface area contributed by atoms with E-state index in [9.17, 15) is 19.7 Å². The molecule has 30 heavy (non-hydrogen) atoms. The van der Waals surface area contributed by atoms with Gasteiger partial charge in [0.2, 0.25) is 5.75 Å². The monoisotopic (exact) mass is 443 g/mol. The SMILES string of the molecule is C=CCN1C(=O)C(=Cc2ccc(Oc3ccccc3Cl)c([N+](=O)[O-])c2)C(=O)NC1=S. The van der Waals surface area contributed by atoms with E-state index < -0.39 is 16.7 Å². The van der Waals surface area contributed by atoms with Crippen LogP contribution in [0.2, 0.25) is 5.02 Å². The van der Waals surface area contributed by atoms with Crippen molar-refractivity contribution >= 4 is 52.5 Å². The normalized spacial score (nSPS) is 15.2. The quantitative estimate of drug-likeness (QED) is 0.182. The number of carbonyl (C=O) groups excluding carboxylic acids is 2. The lowest BCUT2D eigenvalue weighted by atomic mass is 10.1. The van der Waals surface area contributed by atoms with Gasteiger partial charge in [-0.25, -0.2) is 0 Å². The van der Waals surface area contributed by atoms with Gasteiger partial charge in [0.15, 0.2) is 5.11 Å². The number of rotatable bonds is 6. The fraction of sp³-hybridized carbons (Fsp3) is 0.0500. The fourth-order valence-electron chi connectivity index (χ4n) is 2.65. The van der Waals surface area contributed by atoms with Gasteiger partial charge in [0.1, 0.15) is 11.3 Å². The highest BCUT2D eigenvalue weighted by Gasteiger charge is 2.32. The number of thiocarbonyl (C=S) groups is 1. The first-order chi connectivity index (χ1) is 14.3. The molecule has 0 unspecified atom stereocenters. The Kier molecular flexibility index (Phi) is 6.24. The zero-order valence-electron chi connectivity index (χ0n) is 15.3. The van der Waals surface area contributed by atoms with Crippen LogP contribution in [0.15, 0.2) is 60.7 Å². The first kappa shape index (κ1) is 21.2. The molecule has 3 rings (SSSR count). The average Bonchev–Trinajstić information content (AvgIpc) is 2.71. The molecule has 1 N–H and O–H groups in total.